The third-order valence-corrected chi connectivity index (χ3v) is 2.49. The van der Waals surface area contributed by atoms with Gasteiger partial charge in [0.1, 0.15) is 0 Å². The van der Waals surface area contributed by atoms with Crippen LogP contribution in [0.2, 0.25) is 0 Å². The Hall–Kier alpha value is 0.440. The fourth-order valence-electron chi connectivity index (χ4n) is 0.691. The van der Waals surface area contributed by atoms with Gasteiger partial charge in [-0.2, -0.15) is 0 Å². The maximum atomic E-state index is 3.44. The number of rotatable bonds is 4. The van der Waals surface area contributed by atoms with Crippen LogP contribution >= 0.6 is 15.9 Å². The highest BCUT2D eigenvalue weighted by Gasteiger charge is 2.03. The van der Waals surface area contributed by atoms with Crippen molar-refractivity contribution in [3.05, 3.63) is 0 Å². The van der Waals surface area contributed by atoms with Crippen LogP contribution in [0, 0.1) is 0 Å². The van der Waals surface area contributed by atoms with Gasteiger partial charge in [-0.25, -0.2) is 0 Å². The maximum Gasteiger partial charge on any atom is 0.0185 e. The Morgan fingerprint density at radius 3 is 2.44 bits per heavy atom. The topological polar surface area (TPSA) is 3.24 Å². The highest BCUT2D eigenvalue weighted by Crippen LogP contribution is 1.99. The minimum Gasteiger partial charge on any atom is -0.303 e. The van der Waals surface area contributed by atoms with Gasteiger partial charge in [-0.15, -0.1) is 0 Å². The number of hydrogen-bond acceptors (Lipinski definition) is 1. The highest BCUT2D eigenvalue weighted by molar-refractivity contribution is 9.09. The van der Waals surface area contributed by atoms with Crippen molar-refractivity contribution in [2.75, 3.05) is 18.9 Å². The first-order chi connectivity index (χ1) is 4.22. The molecule has 0 bridgehead atoms. The molecule has 0 aliphatic carbocycles. The summed E-state index contributed by atoms with van der Waals surface area (Å²) in [7, 11) is 2.16. The van der Waals surface area contributed by atoms with E-state index in [1.54, 1.807) is 0 Å². The van der Waals surface area contributed by atoms with Gasteiger partial charge in [-0.1, -0.05) is 22.9 Å². The number of nitrogens with zero attached hydrogens (tertiary/aromatic N) is 1. The van der Waals surface area contributed by atoms with Crippen LogP contribution in [0.1, 0.15) is 20.3 Å². The molecule has 56 valence electrons. The van der Waals surface area contributed by atoms with Crippen LogP contribution in [0.5, 0.6) is 0 Å². The van der Waals surface area contributed by atoms with Crippen molar-refractivity contribution in [2.45, 2.75) is 26.3 Å². The van der Waals surface area contributed by atoms with Gasteiger partial charge in [0.2, 0.25) is 0 Å². The molecule has 0 amide bonds. The summed E-state index contributed by atoms with van der Waals surface area (Å²) in [6.07, 6.45) is 1.24. The van der Waals surface area contributed by atoms with Gasteiger partial charge in [-0.05, 0) is 26.9 Å². The van der Waals surface area contributed by atoms with Gasteiger partial charge in [0.15, 0.2) is 0 Å². The van der Waals surface area contributed by atoms with Crippen molar-refractivity contribution < 1.29 is 0 Å². The van der Waals surface area contributed by atoms with Gasteiger partial charge < -0.3 is 4.90 Å². The Bertz CT molecular complexity index is 65.9. The molecule has 2 heteroatoms. The summed E-state index contributed by atoms with van der Waals surface area (Å²) in [5, 5.41) is 1.07. The molecule has 0 aromatic carbocycles. The first kappa shape index (κ1) is 9.44. The summed E-state index contributed by atoms with van der Waals surface area (Å²) in [5.41, 5.74) is 0. The second-order valence-electron chi connectivity index (χ2n) is 2.48. The van der Waals surface area contributed by atoms with Gasteiger partial charge in [0.25, 0.3) is 0 Å². The Morgan fingerprint density at radius 1 is 1.56 bits per heavy atom. The Labute approximate surface area is 66.6 Å². The zero-order valence-corrected chi connectivity index (χ0v) is 8.11. The van der Waals surface area contributed by atoms with E-state index < -0.39 is 0 Å². The van der Waals surface area contributed by atoms with Gasteiger partial charge >= 0.3 is 0 Å². The molecule has 0 saturated heterocycles. The molecule has 1 nitrogen and oxygen atoms in total. The van der Waals surface area contributed by atoms with Gasteiger partial charge in [0, 0.05) is 11.4 Å². The molecule has 0 aromatic rings. The van der Waals surface area contributed by atoms with Crippen molar-refractivity contribution in [1.29, 1.82) is 0 Å². The Balaban J connectivity index is 3.32. The summed E-state index contributed by atoms with van der Waals surface area (Å²) in [6.45, 7) is 5.63. The highest BCUT2D eigenvalue weighted by atomic mass is 79.9. The molecule has 0 rings (SSSR count). The normalized spacial score (nSPS) is 14.3. The van der Waals surface area contributed by atoms with Crippen LogP contribution in [0.15, 0.2) is 0 Å². The summed E-state index contributed by atoms with van der Waals surface area (Å²) >= 11 is 3.44. The minimum absolute atomic E-state index is 0.671. The van der Waals surface area contributed by atoms with Crippen LogP contribution in [0.3, 0.4) is 0 Å². The van der Waals surface area contributed by atoms with Crippen molar-refractivity contribution in [1.82, 2.24) is 4.90 Å². The Kier molecular flexibility index (Phi) is 5.50. The third kappa shape index (κ3) is 3.93. The van der Waals surface area contributed by atoms with Crippen LogP contribution < -0.4 is 0 Å². The van der Waals surface area contributed by atoms with Crippen LogP contribution in [0.25, 0.3) is 0 Å². The van der Waals surface area contributed by atoms with E-state index in [0.717, 1.165) is 5.33 Å². The average Bonchev–Trinajstić information content (AvgIpc) is 1.87. The summed E-state index contributed by atoms with van der Waals surface area (Å²) in [4.78, 5) is 2.36. The molecule has 0 heterocycles. The van der Waals surface area contributed by atoms with E-state index in [1.165, 1.54) is 13.0 Å². The maximum absolute atomic E-state index is 3.44. The molecular formula is C7H16BrN. The molecule has 0 aromatic heterocycles. The Morgan fingerprint density at radius 2 is 2.11 bits per heavy atom. The van der Waals surface area contributed by atoms with E-state index >= 15 is 0 Å². The monoisotopic (exact) mass is 193 g/mol. The molecule has 1 atom stereocenters. The zero-order valence-electron chi connectivity index (χ0n) is 6.52. The molecule has 0 radical (unpaired) electrons. The van der Waals surface area contributed by atoms with Crippen LogP contribution in [0.4, 0.5) is 0 Å². The molecule has 0 N–H and O–H groups in total. The standard InChI is InChI=1S/C7H16BrN/c1-4-5-9(3)7(2)6-8/h7H,4-6H2,1-3H3. The van der Waals surface area contributed by atoms with Crippen LogP contribution in [-0.2, 0) is 0 Å². The molecule has 9 heavy (non-hydrogen) atoms. The van der Waals surface area contributed by atoms with Crippen molar-refractivity contribution in [3.63, 3.8) is 0 Å². The summed E-state index contributed by atoms with van der Waals surface area (Å²) in [6, 6.07) is 0.671. The van der Waals surface area contributed by atoms with E-state index in [1.807, 2.05) is 0 Å². The number of hydrogen-bond donors (Lipinski definition) is 0. The average molecular weight is 194 g/mol. The van der Waals surface area contributed by atoms with E-state index in [0.29, 0.717) is 6.04 Å². The van der Waals surface area contributed by atoms with E-state index in [-0.39, 0.29) is 0 Å². The van der Waals surface area contributed by atoms with Crippen LogP contribution in [-0.4, -0.2) is 29.9 Å². The molecule has 1 unspecified atom stereocenters. The lowest BCUT2D eigenvalue weighted by Crippen LogP contribution is -2.30. The first-order valence-corrected chi connectivity index (χ1v) is 4.60. The van der Waals surface area contributed by atoms with Gasteiger partial charge in [0.05, 0.1) is 0 Å². The van der Waals surface area contributed by atoms with Gasteiger partial charge in [-0.3, -0.25) is 0 Å². The lowest BCUT2D eigenvalue weighted by Gasteiger charge is -2.21. The SMILES string of the molecule is CCCN(C)C(C)CBr. The first-order valence-electron chi connectivity index (χ1n) is 3.48. The molecule has 0 fully saturated rings. The largest absolute Gasteiger partial charge is 0.303 e. The van der Waals surface area contributed by atoms with E-state index in [2.05, 4.69) is 41.7 Å². The number of alkyl halides is 1. The van der Waals surface area contributed by atoms with E-state index in [9.17, 15) is 0 Å². The van der Waals surface area contributed by atoms with E-state index in [4.69, 9.17) is 0 Å². The molecule has 0 aliphatic heterocycles. The summed E-state index contributed by atoms with van der Waals surface area (Å²) < 4.78 is 0. The quantitative estimate of drug-likeness (QED) is 0.619. The molecule has 0 spiro atoms. The minimum atomic E-state index is 0.671. The predicted octanol–water partition coefficient (Wildman–Crippen LogP) is 2.11. The lowest BCUT2D eigenvalue weighted by molar-refractivity contribution is 0.279. The van der Waals surface area contributed by atoms with Crippen molar-refractivity contribution in [2.24, 2.45) is 0 Å². The second kappa shape index (κ2) is 5.24. The second-order valence-corrected chi connectivity index (χ2v) is 3.13. The molecule has 0 aliphatic rings. The van der Waals surface area contributed by atoms with Crippen molar-refractivity contribution in [3.8, 4) is 0 Å². The van der Waals surface area contributed by atoms with Crippen molar-refractivity contribution >= 4 is 15.9 Å². The fraction of sp³-hybridized carbons (Fsp3) is 1.00. The molecule has 0 saturated carbocycles. The zero-order chi connectivity index (χ0) is 7.28. The fourth-order valence-corrected chi connectivity index (χ4v) is 1.19. The molecular weight excluding hydrogens is 178 g/mol. The summed E-state index contributed by atoms with van der Waals surface area (Å²) in [5.74, 6) is 0. The smallest absolute Gasteiger partial charge is 0.0185 e. The number of halogens is 1. The third-order valence-electron chi connectivity index (χ3n) is 1.55. The lowest BCUT2D eigenvalue weighted by atomic mass is 10.3. The predicted molar refractivity (Wildman–Crippen MR) is 46.2 cm³/mol.